The van der Waals surface area contributed by atoms with E-state index in [2.05, 4.69) is 16.5 Å². The first kappa shape index (κ1) is 14.5. The van der Waals surface area contributed by atoms with Gasteiger partial charge in [-0.3, -0.25) is 4.79 Å². The standard InChI is InChI=1S/C16H13FN2O2S/c1-3-21-9(2)14-18-15(20)13-12(8-22-16(13)19-14)10-5-4-6-11(17)7-10/h4-8H,2-3H2,1H3,(H,18,19,20). The number of hydrogen-bond acceptors (Lipinski definition) is 4. The number of aromatic amines is 1. The number of halogens is 1. The van der Waals surface area contributed by atoms with Gasteiger partial charge in [0.05, 0.1) is 12.0 Å². The van der Waals surface area contributed by atoms with E-state index in [4.69, 9.17) is 4.74 Å². The van der Waals surface area contributed by atoms with Gasteiger partial charge < -0.3 is 9.72 Å². The molecule has 2 aromatic heterocycles. The second kappa shape index (κ2) is 5.73. The Labute approximate surface area is 129 Å². The van der Waals surface area contributed by atoms with Gasteiger partial charge >= 0.3 is 0 Å². The fourth-order valence-corrected chi connectivity index (χ4v) is 3.14. The van der Waals surface area contributed by atoms with Crippen LogP contribution in [0.1, 0.15) is 12.7 Å². The van der Waals surface area contributed by atoms with Gasteiger partial charge in [0.25, 0.3) is 5.56 Å². The van der Waals surface area contributed by atoms with Crippen LogP contribution < -0.4 is 5.56 Å². The smallest absolute Gasteiger partial charge is 0.260 e. The summed E-state index contributed by atoms with van der Waals surface area (Å²) in [6, 6.07) is 6.14. The zero-order chi connectivity index (χ0) is 15.7. The Hall–Kier alpha value is -2.47. The van der Waals surface area contributed by atoms with E-state index in [1.54, 1.807) is 17.5 Å². The van der Waals surface area contributed by atoms with Gasteiger partial charge in [0, 0.05) is 10.9 Å². The molecule has 0 radical (unpaired) electrons. The van der Waals surface area contributed by atoms with E-state index in [0.717, 1.165) is 0 Å². The SMILES string of the molecule is C=C(OCC)c1nc2scc(-c3cccc(F)c3)c2c(=O)[nH]1. The molecule has 0 fully saturated rings. The summed E-state index contributed by atoms with van der Waals surface area (Å²) in [6.45, 7) is 6.01. The number of nitrogens with zero attached hydrogens (tertiary/aromatic N) is 1. The van der Waals surface area contributed by atoms with E-state index < -0.39 is 0 Å². The summed E-state index contributed by atoms with van der Waals surface area (Å²) < 4.78 is 18.7. The monoisotopic (exact) mass is 316 g/mol. The highest BCUT2D eigenvalue weighted by Crippen LogP contribution is 2.31. The average Bonchev–Trinajstić information content (AvgIpc) is 2.92. The number of aromatic nitrogens is 2. The molecule has 0 aliphatic rings. The lowest BCUT2D eigenvalue weighted by Crippen LogP contribution is -2.11. The first-order chi connectivity index (χ1) is 10.6. The van der Waals surface area contributed by atoms with Crippen LogP contribution in [0.25, 0.3) is 27.1 Å². The normalized spacial score (nSPS) is 10.8. The molecule has 6 heteroatoms. The highest BCUT2D eigenvalue weighted by atomic mass is 32.1. The van der Waals surface area contributed by atoms with Gasteiger partial charge in [0.15, 0.2) is 11.6 Å². The van der Waals surface area contributed by atoms with E-state index in [1.165, 1.54) is 23.5 Å². The summed E-state index contributed by atoms with van der Waals surface area (Å²) in [5, 5.41) is 2.25. The van der Waals surface area contributed by atoms with Gasteiger partial charge in [-0.15, -0.1) is 11.3 Å². The summed E-state index contributed by atoms with van der Waals surface area (Å²) in [5.74, 6) is 0.289. The van der Waals surface area contributed by atoms with Crippen molar-refractivity contribution in [3.05, 3.63) is 58.2 Å². The molecular weight excluding hydrogens is 303 g/mol. The number of fused-ring (bicyclic) bond motifs is 1. The van der Waals surface area contributed by atoms with Gasteiger partial charge in [-0.1, -0.05) is 18.7 Å². The van der Waals surface area contributed by atoms with Crippen molar-refractivity contribution in [3.8, 4) is 11.1 Å². The molecular formula is C16H13FN2O2S. The van der Waals surface area contributed by atoms with Gasteiger partial charge in [0.2, 0.25) is 0 Å². The van der Waals surface area contributed by atoms with Crippen molar-refractivity contribution in [2.75, 3.05) is 6.61 Å². The first-order valence-corrected chi connectivity index (χ1v) is 7.57. The summed E-state index contributed by atoms with van der Waals surface area (Å²) >= 11 is 1.33. The molecule has 4 nitrogen and oxygen atoms in total. The Morgan fingerprint density at radius 3 is 3.05 bits per heavy atom. The molecule has 1 aromatic carbocycles. The topological polar surface area (TPSA) is 55.0 Å². The van der Waals surface area contributed by atoms with Crippen LogP contribution in [-0.4, -0.2) is 16.6 Å². The maximum atomic E-state index is 13.4. The number of ether oxygens (including phenoxy) is 1. The average molecular weight is 316 g/mol. The molecule has 22 heavy (non-hydrogen) atoms. The Balaban J connectivity index is 2.17. The molecule has 0 spiro atoms. The Morgan fingerprint density at radius 2 is 2.32 bits per heavy atom. The summed E-state index contributed by atoms with van der Waals surface area (Å²) in [5.41, 5.74) is 1.03. The van der Waals surface area contributed by atoms with E-state index in [0.29, 0.717) is 39.5 Å². The van der Waals surface area contributed by atoms with Crippen LogP contribution in [0, 0.1) is 5.82 Å². The van der Waals surface area contributed by atoms with E-state index in [1.807, 2.05) is 6.92 Å². The number of hydrogen-bond donors (Lipinski definition) is 1. The molecule has 0 saturated carbocycles. The van der Waals surface area contributed by atoms with Crippen LogP contribution >= 0.6 is 11.3 Å². The van der Waals surface area contributed by atoms with Crippen molar-refractivity contribution in [1.29, 1.82) is 0 Å². The van der Waals surface area contributed by atoms with Gasteiger partial charge in [0.1, 0.15) is 10.6 Å². The van der Waals surface area contributed by atoms with Crippen molar-refractivity contribution < 1.29 is 9.13 Å². The fraction of sp³-hybridized carbons (Fsp3) is 0.125. The second-order valence-electron chi connectivity index (χ2n) is 4.61. The quantitative estimate of drug-likeness (QED) is 0.745. The predicted molar refractivity (Wildman–Crippen MR) is 86.3 cm³/mol. The molecule has 0 amide bonds. The van der Waals surface area contributed by atoms with E-state index in [-0.39, 0.29) is 11.4 Å². The van der Waals surface area contributed by atoms with Crippen LogP contribution in [-0.2, 0) is 4.74 Å². The van der Waals surface area contributed by atoms with Crippen molar-refractivity contribution in [2.24, 2.45) is 0 Å². The highest BCUT2D eigenvalue weighted by molar-refractivity contribution is 7.17. The molecule has 1 N–H and O–H groups in total. The van der Waals surface area contributed by atoms with Gasteiger partial charge in [-0.2, -0.15) is 0 Å². The Bertz CT molecular complexity index is 914. The number of benzene rings is 1. The minimum Gasteiger partial charge on any atom is -0.491 e. The van der Waals surface area contributed by atoms with Crippen molar-refractivity contribution in [3.63, 3.8) is 0 Å². The van der Waals surface area contributed by atoms with Crippen LogP contribution in [0.3, 0.4) is 0 Å². The van der Waals surface area contributed by atoms with Crippen molar-refractivity contribution in [1.82, 2.24) is 9.97 Å². The van der Waals surface area contributed by atoms with Gasteiger partial charge in [-0.25, -0.2) is 9.37 Å². The maximum absolute atomic E-state index is 13.4. The zero-order valence-corrected chi connectivity index (χ0v) is 12.7. The largest absolute Gasteiger partial charge is 0.491 e. The third-order valence-electron chi connectivity index (χ3n) is 3.16. The Kier molecular flexibility index (Phi) is 3.77. The number of H-pyrrole nitrogens is 1. The van der Waals surface area contributed by atoms with Crippen LogP contribution in [0.15, 0.2) is 41.0 Å². The molecule has 0 aliphatic carbocycles. The predicted octanol–water partition coefficient (Wildman–Crippen LogP) is 3.80. The lowest BCUT2D eigenvalue weighted by molar-refractivity contribution is 0.296. The molecule has 0 unspecified atom stereocenters. The minimum absolute atomic E-state index is 0.290. The van der Waals surface area contributed by atoms with Crippen LogP contribution in [0.5, 0.6) is 0 Å². The first-order valence-electron chi connectivity index (χ1n) is 6.69. The lowest BCUT2D eigenvalue weighted by atomic mass is 10.1. The molecule has 2 heterocycles. The third-order valence-corrected chi connectivity index (χ3v) is 4.03. The molecule has 0 saturated heterocycles. The van der Waals surface area contributed by atoms with E-state index >= 15 is 0 Å². The Morgan fingerprint density at radius 1 is 1.50 bits per heavy atom. The molecule has 3 aromatic rings. The van der Waals surface area contributed by atoms with Crippen molar-refractivity contribution in [2.45, 2.75) is 6.92 Å². The number of nitrogens with one attached hydrogen (secondary N) is 1. The fourth-order valence-electron chi connectivity index (χ4n) is 2.19. The minimum atomic E-state index is -0.345. The number of rotatable bonds is 4. The molecule has 3 rings (SSSR count). The highest BCUT2D eigenvalue weighted by Gasteiger charge is 2.14. The third kappa shape index (κ3) is 2.53. The summed E-state index contributed by atoms with van der Waals surface area (Å²) in [4.78, 5) is 20.0. The molecule has 0 aliphatic heterocycles. The van der Waals surface area contributed by atoms with Crippen LogP contribution in [0.4, 0.5) is 4.39 Å². The number of thiophene rings is 1. The zero-order valence-electron chi connectivity index (χ0n) is 11.9. The summed E-state index contributed by atoms with van der Waals surface area (Å²) in [6.07, 6.45) is 0. The maximum Gasteiger partial charge on any atom is 0.260 e. The van der Waals surface area contributed by atoms with Crippen LogP contribution in [0.2, 0.25) is 0 Å². The van der Waals surface area contributed by atoms with Crippen molar-refractivity contribution >= 4 is 27.3 Å². The second-order valence-corrected chi connectivity index (χ2v) is 5.47. The molecule has 0 bridgehead atoms. The van der Waals surface area contributed by atoms with E-state index in [9.17, 15) is 9.18 Å². The lowest BCUT2D eigenvalue weighted by Gasteiger charge is -2.06. The molecule has 112 valence electrons. The van der Waals surface area contributed by atoms with Gasteiger partial charge in [-0.05, 0) is 24.6 Å². The molecule has 0 atom stereocenters. The summed E-state index contributed by atoms with van der Waals surface area (Å²) in [7, 11) is 0.